The summed E-state index contributed by atoms with van der Waals surface area (Å²) in [5.41, 5.74) is 7.78. The minimum Gasteiger partial charge on any atom is -0.351 e. The number of amides is 1. The maximum Gasteiger partial charge on any atom is 0.237 e. The van der Waals surface area contributed by atoms with Gasteiger partial charge >= 0.3 is 0 Å². The molecule has 1 aromatic heterocycles. The number of benzene rings is 1. The van der Waals surface area contributed by atoms with Crippen LogP contribution in [0.4, 0.5) is 0 Å². The number of hydrogen-bond acceptors (Lipinski definition) is 3. The topological polar surface area (TPSA) is 72.9 Å². The van der Waals surface area contributed by atoms with E-state index in [1.165, 1.54) is 0 Å². The van der Waals surface area contributed by atoms with Crippen LogP contribution < -0.4 is 11.1 Å². The molecular formula is C15H20N4O. The maximum atomic E-state index is 11.9. The molecule has 0 aliphatic rings. The predicted molar refractivity (Wildman–Crippen MR) is 78.2 cm³/mol. The molecule has 106 valence electrons. The Balaban J connectivity index is 2.09. The summed E-state index contributed by atoms with van der Waals surface area (Å²) in [5, 5.41) is 7.09. The molecule has 1 amide bonds. The van der Waals surface area contributed by atoms with E-state index in [1.54, 1.807) is 10.9 Å². The van der Waals surface area contributed by atoms with Gasteiger partial charge in [0.2, 0.25) is 5.91 Å². The van der Waals surface area contributed by atoms with Crippen molar-refractivity contribution in [1.29, 1.82) is 0 Å². The van der Waals surface area contributed by atoms with Gasteiger partial charge in [0.05, 0.1) is 11.7 Å². The van der Waals surface area contributed by atoms with E-state index in [0.717, 1.165) is 11.3 Å². The summed E-state index contributed by atoms with van der Waals surface area (Å²) >= 11 is 0. The van der Waals surface area contributed by atoms with Gasteiger partial charge in [0, 0.05) is 18.9 Å². The largest absolute Gasteiger partial charge is 0.351 e. The molecule has 2 rings (SSSR count). The molecule has 0 bridgehead atoms. The first-order chi connectivity index (χ1) is 9.59. The molecule has 20 heavy (non-hydrogen) atoms. The highest BCUT2D eigenvalue weighted by molar-refractivity contribution is 5.81. The van der Waals surface area contributed by atoms with Crippen LogP contribution in [-0.2, 0) is 11.3 Å². The Morgan fingerprint density at radius 2 is 2.10 bits per heavy atom. The van der Waals surface area contributed by atoms with E-state index in [2.05, 4.69) is 10.4 Å². The van der Waals surface area contributed by atoms with Crippen LogP contribution in [0.1, 0.15) is 19.4 Å². The third-order valence-corrected chi connectivity index (χ3v) is 3.22. The Hall–Kier alpha value is -2.14. The smallest absolute Gasteiger partial charge is 0.237 e. The first-order valence-corrected chi connectivity index (χ1v) is 6.71. The lowest BCUT2D eigenvalue weighted by Gasteiger charge is -2.16. The number of carbonyl (C=O) groups excluding carboxylic acids is 1. The summed E-state index contributed by atoms with van der Waals surface area (Å²) < 4.78 is 1.78. The molecule has 1 aromatic carbocycles. The van der Waals surface area contributed by atoms with Crippen molar-refractivity contribution in [3.8, 4) is 5.69 Å². The Kier molecular flexibility index (Phi) is 4.53. The molecule has 0 aliphatic heterocycles. The number of rotatable bonds is 5. The van der Waals surface area contributed by atoms with Crippen molar-refractivity contribution in [2.75, 3.05) is 0 Å². The second-order valence-electron chi connectivity index (χ2n) is 5.07. The molecule has 3 N–H and O–H groups in total. The van der Waals surface area contributed by atoms with E-state index in [-0.39, 0.29) is 11.8 Å². The van der Waals surface area contributed by atoms with Gasteiger partial charge in [-0.25, -0.2) is 4.68 Å². The van der Waals surface area contributed by atoms with Gasteiger partial charge in [-0.1, -0.05) is 32.0 Å². The third kappa shape index (κ3) is 3.24. The molecule has 0 saturated carbocycles. The van der Waals surface area contributed by atoms with Crippen molar-refractivity contribution in [2.45, 2.75) is 26.4 Å². The summed E-state index contributed by atoms with van der Waals surface area (Å²) in [4.78, 5) is 11.9. The zero-order chi connectivity index (χ0) is 14.5. The van der Waals surface area contributed by atoms with Gasteiger partial charge in [0.25, 0.3) is 0 Å². The molecule has 5 nitrogen and oxygen atoms in total. The Labute approximate surface area is 118 Å². The van der Waals surface area contributed by atoms with Crippen molar-refractivity contribution in [2.24, 2.45) is 11.7 Å². The number of para-hydroxylation sites is 1. The van der Waals surface area contributed by atoms with Gasteiger partial charge in [-0.15, -0.1) is 0 Å². The predicted octanol–water partition coefficient (Wildman–Crippen LogP) is 1.47. The molecule has 0 unspecified atom stereocenters. The lowest BCUT2D eigenvalue weighted by Crippen LogP contribution is -2.43. The van der Waals surface area contributed by atoms with Crippen LogP contribution in [-0.4, -0.2) is 21.7 Å². The normalized spacial score (nSPS) is 12.4. The van der Waals surface area contributed by atoms with Gasteiger partial charge in [-0.2, -0.15) is 5.10 Å². The molecule has 2 aromatic rings. The van der Waals surface area contributed by atoms with E-state index in [1.807, 2.05) is 50.4 Å². The summed E-state index contributed by atoms with van der Waals surface area (Å²) in [6.07, 6.45) is 3.60. The molecular weight excluding hydrogens is 252 g/mol. The van der Waals surface area contributed by atoms with Gasteiger partial charge < -0.3 is 11.1 Å². The maximum absolute atomic E-state index is 11.9. The van der Waals surface area contributed by atoms with Crippen molar-refractivity contribution in [3.05, 3.63) is 48.3 Å². The Morgan fingerprint density at radius 1 is 1.35 bits per heavy atom. The zero-order valence-electron chi connectivity index (χ0n) is 11.8. The molecule has 5 heteroatoms. The minimum atomic E-state index is -0.480. The fourth-order valence-corrected chi connectivity index (χ4v) is 1.90. The van der Waals surface area contributed by atoms with Crippen LogP contribution in [0.25, 0.3) is 5.69 Å². The van der Waals surface area contributed by atoms with Gasteiger partial charge in [-0.3, -0.25) is 4.79 Å². The lowest BCUT2D eigenvalue weighted by atomic mass is 10.0. The second-order valence-corrected chi connectivity index (χ2v) is 5.07. The van der Waals surface area contributed by atoms with E-state index >= 15 is 0 Å². The molecule has 0 fully saturated rings. The average molecular weight is 272 g/mol. The summed E-state index contributed by atoms with van der Waals surface area (Å²) in [5.74, 6) is -0.00775. The van der Waals surface area contributed by atoms with E-state index < -0.39 is 6.04 Å². The number of hydrogen-bond donors (Lipinski definition) is 2. The first kappa shape index (κ1) is 14.3. The van der Waals surface area contributed by atoms with Crippen LogP contribution >= 0.6 is 0 Å². The summed E-state index contributed by atoms with van der Waals surface area (Å²) in [7, 11) is 0. The van der Waals surface area contributed by atoms with Crippen molar-refractivity contribution < 1.29 is 4.79 Å². The fourth-order valence-electron chi connectivity index (χ4n) is 1.90. The molecule has 1 atom stereocenters. The monoisotopic (exact) mass is 272 g/mol. The average Bonchev–Trinajstić information content (AvgIpc) is 2.98. The number of carbonyl (C=O) groups is 1. The molecule has 0 spiro atoms. The Bertz CT molecular complexity index is 563. The first-order valence-electron chi connectivity index (χ1n) is 6.71. The highest BCUT2D eigenvalue weighted by Gasteiger charge is 2.17. The molecule has 0 aliphatic carbocycles. The summed E-state index contributed by atoms with van der Waals surface area (Å²) in [6, 6.07) is 9.21. The third-order valence-electron chi connectivity index (χ3n) is 3.22. The Morgan fingerprint density at radius 3 is 2.75 bits per heavy atom. The summed E-state index contributed by atoms with van der Waals surface area (Å²) in [6.45, 7) is 4.30. The molecule has 0 radical (unpaired) electrons. The van der Waals surface area contributed by atoms with Crippen LogP contribution in [0.3, 0.4) is 0 Å². The lowest BCUT2D eigenvalue weighted by molar-refractivity contribution is -0.123. The van der Waals surface area contributed by atoms with Crippen LogP contribution in [0.5, 0.6) is 0 Å². The highest BCUT2D eigenvalue weighted by Crippen LogP contribution is 2.13. The number of nitrogens with zero attached hydrogens (tertiary/aromatic N) is 2. The van der Waals surface area contributed by atoms with Gasteiger partial charge in [0.15, 0.2) is 0 Å². The van der Waals surface area contributed by atoms with Gasteiger partial charge in [-0.05, 0) is 23.6 Å². The second kappa shape index (κ2) is 6.34. The zero-order valence-corrected chi connectivity index (χ0v) is 11.8. The SMILES string of the molecule is CC(C)[C@H](N)C(=O)NCc1ccccc1-n1cccn1. The van der Waals surface area contributed by atoms with Crippen molar-refractivity contribution in [3.63, 3.8) is 0 Å². The molecule has 0 saturated heterocycles. The van der Waals surface area contributed by atoms with Crippen LogP contribution in [0, 0.1) is 5.92 Å². The quantitative estimate of drug-likeness (QED) is 0.865. The van der Waals surface area contributed by atoms with Gasteiger partial charge in [0.1, 0.15) is 0 Å². The van der Waals surface area contributed by atoms with Crippen molar-refractivity contribution in [1.82, 2.24) is 15.1 Å². The van der Waals surface area contributed by atoms with Crippen LogP contribution in [0.15, 0.2) is 42.7 Å². The number of aromatic nitrogens is 2. The fraction of sp³-hybridized carbons (Fsp3) is 0.333. The van der Waals surface area contributed by atoms with E-state index in [0.29, 0.717) is 6.54 Å². The van der Waals surface area contributed by atoms with E-state index in [4.69, 9.17) is 5.73 Å². The highest BCUT2D eigenvalue weighted by atomic mass is 16.2. The minimum absolute atomic E-state index is 0.122. The number of nitrogens with two attached hydrogens (primary N) is 1. The number of nitrogens with one attached hydrogen (secondary N) is 1. The standard InChI is InChI=1S/C15H20N4O/c1-11(2)14(16)15(20)17-10-12-6-3-4-7-13(12)19-9-5-8-18-19/h3-9,11,14H,10,16H2,1-2H3,(H,17,20)/t14-/m0/s1. The molecule has 1 heterocycles. The van der Waals surface area contributed by atoms with Crippen molar-refractivity contribution >= 4 is 5.91 Å². The van der Waals surface area contributed by atoms with E-state index in [9.17, 15) is 4.79 Å². The van der Waals surface area contributed by atoms with Crippen LogP contribution in [0.2, 0.25) is 0 Å².